The molecule has 0 aromatic heterocycles. The van der Waals surface area contributed by atoms with Crippen LogP contribution < -0.4 is 4.90 Å². The van der Waals surface area contributed by atoms with Gasteiger partial charge in [0.05, 0.1) is 6.61 Å². The summed E-state index contributed by atoms with van der Waals surface area (Å²) in [5, 5.41) is 0. The van der Waals surface area contributed by atoms with Crippen molar-refractivity contribution in [2.24, 2.45) is 0 Å². The first-order valence-corrected chi connectivity index (χ1v) is 10.9. The van der Waals surface area contributed by atoms with Gasteiger partial charge in [0, 0.05) is 17.1 Å². The summed E-state index contributed by atoms with van der Waals surface area (Å²) in [4.78, 5) is 2.33. The van der Waals surface area contributed by atoms with Crippen LogP contribution in [0.5, 0.6) is 0 Å². The predicted molar refractivity (Wildman–Crippen MR) is 134 cm³/mol. The lowest BCUT2D eigenvalue weighted by Gasteiger charge is -2.27. The molecular formula is C29H33NO. The lowest BCUT2D eigenvalue weighted by atomic mass is 10.0. The number of hydrogen-bond acceptors (Lipinski definition) is 2. The van der Waals surface area contributed by atoms with Crippen LogP contribution in [-0.4, -0.2) is 6.61 Å². The second-order valence-electron chi connectivity index (χ2n) is 8.16. The first kappa shape index (κ1) is 22.4. The topological polar surface area (TPSA) is 12.5 Å². The zero-order chi connectivity index (χ0) is 22.4. The molecule has 160 valence electrons. The van der Waals surface area contributed by atoms with Crippen LogP contribution in [-0.2, 0) is 11.2 Å². The summed E-state index contributed by atoms with van der Waals surface area (Å²) in [6.07, 6.45) is 3.56. The van der Waals surface area contributed by atoms with Crippen molar-refractivity contribution in [1.29, 1.82) is 0 Å². The molecule has 0 aliphatic carbocycles. The van der Waals surface area contributed by atoms with Gasteiger partial charge >= 0.3 is 0 Å². The van der Waals surface area contributed by atoms with E-state index >= 15 is 0 Å². The normalized spacial score (nSPS) is 10.6. The Bertz CT molecular complexity index is 1010. The lowest BCUT2D eigenvalue weighted by Crippen LogP contribution is -2.11. The van der Waals surface area contributed by atoms with E-state index in [1.54, 1.807) is 6.08 Å². The second-order valence-corrected chi connectivity index (χ2v) is 8.16. The summed E-state index contributed by atoms with van der Waals surface area (Å²) >= 11 is 0. The number of ether oxygens (including phenoxy) is 1. The molecule has 0 aliphatic rings. The molecule has 3 rings (SSSR count). The van der Waals surface area contributed by atoms with Crippen LogP contribution in [0.25, 0.3) is 0 Å². The van der Waals surface area contributed by atoms with Gasteiger partial charge < -0.3 is 9.64 Å². The minimum Gasteiger partial charge on any atom is -0.494 e. The standard InChI is InChI=1S/C29H33NO/c1-7-25(6)31-18-8-9-26-12-16-27(17-13-26)30(28-14-10-21(2)23(4)19-28)29-15-11-22(3)24(5)20-29/h7,10-17,19-20H,1,6,8-9,18H2,2-5H3. The summed E-state index contributed by atoms with van der Waals surface area (Å²) in [6.45, 7) is 16.8. The molecule has 0 spiro atoms. The molecule has 0 bridgehead atoms. The Labute approximate surface area is 187 Å². The highest BCUT2D eigenvalue weighted by Gasteiger charge is 2.14. The van der Waals surface area contributed by atoms with E-state index in [2.05, 4.69) is 106 Å². The Hall–Kier alpha value is -3.26. The average Bonchev–Trinajstić information content (AvgIpc) is 2.77. The van der Waals surface area contributed by atoms with Gasteiger partial charge in [-0.3, -0.25) is 0 Å². The van der Waals surface area contributed by atoms with Crippen LogP contribution in [0, 0.1) is 27.7 Å². The largest absolute Gasteiger partial charge is 0.494 e. The van der Waals surface area contributed by atoms with Crippen LogP contribution in [0.2, 0.25) is 0 Å². The first-order chi connectivity index (χ1) is 14.9. The minimum atomic E-state index is 0.632. The molecule has 31 heavy (non-hydrogen) atoms. The predicted octanol–water partition coefficient (Wildman–Crippen LogP) is 8.04. The maximum atomic E-state index is 5.51. The smallest absolute Gasteiger partial charge is 0.111 e. The molecule has 0 unspecified atom stereocenters. The number of hydrogen-bond donors (Lipinski definition) is 0. The summed E-state index contributed by atoms with van der Waals surface area (Å²) < 4.78 is 5.51. The molecule has 0 atom stereocenters. The van der Waals surface area contributed by atoms with Crippen LogP contribution in [0.3, 0.4) is 0 Å². The fraction of sp³-hybridized carbons (Fsp3) is 0.241. The molecular weight excluding hydrogens is 378 g/mol. The Balaban J connectivity index is 1.87. The number of aryl methyl sites for hydroxylation is 5. The second kappa shape index (κ2) is 10.2. The molecule has 0 radical (unpaired) electrons. The van der Waals surface area contributed by atoms with Crippen molar-refractivity contribution in [1.82, 2.24) is 0 Å². The van der Waals surface area contributed by atoms with Gasteiger partial charge in [0.15, 0.2) is 0 Å². The molecule has 0 saturated carbocycles. The fourth-order valence-corrected chi connectivity index (χ4v) is 3.53. The van der Waals surface area contributed by atoms with E-state index in [0.29, 0.717) is 12.4 Å². The molecule has 0 saturated heterocycles. The van der Waals surface area contributed by atoms with Crippen molar-refractivity contribution in [2.75, 3.05) is 11.5 Å². The van der Waals surface area contributed by atoms with Gasteiger partial charge in [-0.25, -0.2) is 0 Å². The van der Waals surface area contributed by atoms with Crippen LogP contribution in [0.4, 0.5) is 17.1 Å². The monoisotopic (exact) mass is 411 g/mol. The van der Waals surface area contributed by atoms with Gasteiger partial charge in [-0.15, -0.1) is 0 Å². The van der Waals surface area contributed by atoms with E-state index in [0.717, 1.165) is 18.5 Å². The van der Waals surface area contributed by atoms with Gasteiger partial charge in [-0.05, 0) is 111 Å². The summed E-state index contributed by atoms with van der Waals surface area (Å²) in [6, 6.07) is 22.2. The molecule has 0 N–H and O–H groups in total. The Morgan fingerprint density at radius 3 is 1.77 bits per heavy atom. The van der Waals surface area contributed by atoms with E-state index < -0.39 is 0 Å². The quantitative estimate of drug-likeness (QED) is 0.201. The van der Waals surface area contributed by atoms with Gasteiger partial charge in [0.2, 0.25) is 0 Å². The zero-order valence-corrected chi connectivity index (χ0v) is 19.2. The maximum Gasteiger partial charge on any atom is 0.111 e. The van der Waals surface area contributed by atoms with Gasteiger partial charge in [-0.2, -0.15) is 0 Å². The van der Waals surface area contributed by atoms with E-state index in [1.165, 1.54) is 39.2 Å². The average molecular weight is 412 g/mol. The molecule has 0 heterocycles. The van der Waals surface area contributed by atoms with Crippen molar-refractivity contribution >= 4 is 17.1 Å². The van der Waals surface area contributed by atoms with Crippen molar-refractivity contribution in [3.63, 3.8) is 0 Å². The van der Waals surface area contributed by atoms with E-state index in [1.807, 2.05) is 0 Å². The summed E-state index contributed by atoms with van der Waals surface area (Å²) in [5.74, 6) is 0.632. The molecule has 0 amide bonds. The zero-order valence-electron chi connectivity index (χ0n) is 19.2. The van der Waals surface area contributed by atoms with E-state index in [9.17, 15) is 0 Å². The lowest BCUT2D eigenvalue weighted by molar-refractivity contribution is 0.222. The highest BCUT2D eigenvalue weighted by atomic mass is 16.5. The summed E-state index contributed by atoms with van der Waals surface area (Å²) in [7, 11) is 0. The van der Waals surface area contributed by atoms with Gasteiger partial charge in [0.1, 0.15) is 5.76 Å². The SMILES string of the molecule is C=CC(=C)OCCCc1ccc(N(c2ccc(C)c(C)c2)c2ccc(C)c(C)c2)cc1. The molecule has 0 fully saturated rings. The molecule has 0 aliphatic heterocycles. The van der Waals surface area contributed by atoms with Crippen molar-refractivity contribution in [3.8, 4) is 0 Å². The number of benzene rings is 3. The van der Waals surface area contributed by atoms with Crippen molar-refractivity contribution in [2.45, 2.75) is 40.5 Å². The number of rotatable bonds is 9. The highest BCUT2D eigenvalue weighted by Crippen LogP contribution is 2.36. The fourth-order valence-electron chi connectivity index (χ4n) is 3.53. The third-order valence-electron chi connectivity index (χ3n) is 5.82. The van der Waals surface area contributed by atoms with Crippen LogP contribution >= 0.6 is 0 Å². The molecule has 3 aromatic rings. The first-order valence-electron chi connectivity index (χ1n) is 10.9. The van der Waals surface area contributed by atoms with Crippen molar-refractivity contribution < 1.29 is 4.74 Å². The van der Waals surface area contributed by atoms with E-state index in [-0.39, 0.29) is 0 Å². The molecule has 2 heteroatoms. The third-order valence-corrected chi connectivity index (χ3v) is 5.82. The minimum absolute atomic E-state index is 0.632. The summed E-state index contributed by atoms with van der Waals surface area (Å²) in [5.41, 5.74) is 10.0. The Morgan fingerprint density at radius 1 is 0.774 bits per heavy atom. The van der Waals surface area contributed by atoms with Gasteiger partial charge in [0.25, 0.3) is 0 Å². The Kier molecular flexibility index (Phi) is 7.36. The molecule has 3 aromatic carbocycles. The third kappa shape index (κ3) is 5.67. The maximum absolute atomic E-state index is 5.51. The van der Waals surface area contributed by atoms with E-state index in [4.69, 9.17) is 4.74 Å². The Morgan fingerprint density at radius 2 is 1.29 bits per heavy atom. The molecule has 2 nitrogen and oxygen atoms in total. The number of allylic oxidation sites excluding steroid dienone is 1. The van der Waals surface area contributed by atoms with Crippen LogP contribution in [0.15, 0.2) is 85.7 Å². The van der Waals surface area contributed by atoms with Crippen LogP contribution in [0.1, 0.15) is 34.2 Å². The number of nitrogens with zero attached hydrogens (tertiary/aromatic N) is 1. The van der Waals surface area contributed by atoms with Gasteiger partial charge in [-0.1, -0.05) is 37.4 Å². The number of anilines is 3. The highest BCUT2D eigenvalue weighted by molar-refractivity contribution is 5.77. The van der Waals surface area contributed by atoms with Crippen molar-refractivity contribution in [3.05, 3.63) is 113 Å².